The van der Waals surface area contributed by atoms with Gasteiger partial charge in [-0.05, 0) is 30.9 Å². The number of carbonyl (C=O) groups is 1. The van der Waals surface area contributed by atoms with Gasteiger partial charge in [0, 0.05) is 6.54 Å². The second-order valence-corrected chi connectivity index (χ2v) is 5.98. The number of rotatable bonds is 11. The minimum Gasteiger partial charge on any atom is -0.336 e. The van der Waals surface area contributed by atoms with Gasteiger partial charge in [0.15, 0.2) is 0 Å². The summed E-state index contributed by atoms with van der Waals surface area (Å²) in [6, 6.07) is 0. The van der Waals surface area contributed by atoms with Crippen molar-refractivity contribution in [1.29, 1.82) is 0 Å². The standard InChI is InChI=1S/C14H27NOS/c1-5-6-9-17-12-15(11-16)8-7-14(4)10-13(2)3/h11,13H,4-10,12H2,1-3H3. The van der Waals surface area contributed by atoms with Crippen molar-refractivity contribution < 1.29 is 4.79 Å². The van der Waals surface area contributed by atoms with Gasteiger partial charge in [-0.15, -0.1) is 11.8 Å². The summed E-state index contributed by atoms with van der Waals surface area (Å²) in [5.74, 6) is 2.62. The van der Waals surface area contributed by atoms with Crippen LogP contribution in [0.2, 0.25) is 0 Å². The predicted molar refractivity (Wildman–Crippen MR) is 78.2 cm³/mol. The Labute approximate surface area is 111 Å². The van der Waals surface area contributed by atoms with Crippen LogP contribution in [0.25, 0.3) is 0 Å². The smallest absolute Gasteiger partial charge is 0.210 e. The molecule has 0 N–H and O–H groups in total. The van der Waals surface area contributed by atoms with E-state index in [-0.39, 0.29) is 0 Å². The summed E-state index contributed by atoms with van der Waals surface area (Å²) in [4.78, 5) is 12.7. The molecule has 0 aliphatic carbocycles. The van der Waals surface area contributed by atoms with Crippen molar-refractivity contribution >= 4 is 18.2 Å². The molecule has 0 saturated heterocycles. The van der Waals surface area contributed by atoms with Gasteiger partial charge >= 0.3 is 0 Å². The van der Waals surface area contributed by atoms with E-state index in [1.807, 2.05) is 16.7 Å². The number of carbonyl (C=O) groups excluding carboxylic acids is 1. The fourth-order valence-corrected chi connectivity index (χ4v) is 2.60. The van der Waals surface area contributed by atoms with Gasteiger partial charge in [0.05, 0.1) is 5.88 Å². The first-order valence-electron chi connectivity index (χ1n) is 6.53. The van der Waals surface area contributed by atoms with Crippen molar-refractivity contribution in [3.05, 3.63) is 12.2 Å². The Balaban J connectivity index is 3.66. The first-order chi connectivity index (χ1) is 8.10. The SMILES string of the molecule is C=C(CCN(C=O)CSCCCC)CC(C)C. The lowest BCUT2D eigenvalue weighted by Crippen LogP contribution is -2.23. The second kappa shape index (κ2) is 10.7. The predicted octanol–water partition coefficient (Wildman–Crippen LogP) is 3.93. The Bertz CT molecular complexity index is 216. The van der Waals surface area contributed by atoms with Gasteiger partial charge in [0.2, 0.25) is 6.41 Å². The van der Waals surface area contributed by atoms with Crippen LogP contribution in [0.1, 0.15) is 46.5 Å². The van der Waals surface area contributed by atoms with Crippen LogP contribution >= 0.6 is 11.8 Å². The highest BCUT2D eigenvalue weighted by Gasteiger charge is 2.04. The van der Waals surface area contributed by atoms with Gasteiger partial charge in [-0.1, -0.05) is 39.3 Å². The second-order valence-electron chi connectivity index (χ2n) is 4.91. The van der Waals surface area contributed by atoms with E-state index in [1.165, 1.54) is 18.4 Å². The molecule has 0 spiro atoms. The number of unbranched alkanes of at least 4 members (excludes halogenated alkanes) is 1. The average molecular weight is 257 g/mol. The topological polar surface area (TPSA) is 20.3 Å². The third kappa shape index (κ3) is 10.4. The van der Waals surface area contributed by atoms with Crippen LogP contribution in [0, 0.1) is 5.92 Å². The molecule has 0 heterocycles. The highest BCUT2D eigenvalue weighted by Crippen LogP contribution is 2.13. The van der Waals surface area contributed by atoms with E-state index in [4.69, 9.17) is 0 Å². The van der Waals surface area contributed by atoms with Crippen LogP contribution in [0.5, 0.6) is 0 Å². The molecule has 2 nitrogen and oxygen atoms in total. The lowest BCUT2D eigenvalue weighted by molar-refractivity contribution is -0.117. The zero-order valence-corrected chi connectivity index (χ0v) is 12.4. The molecule has 0 atom stereocenters. The minimum absolute atomic E-state index is 0.658. The molecule has 0 aromatic heterocycles. The number of hydrogen-bond donors (Lipinski definition) is 0. The van der Waals surface area contributed by atoms with E-state index in [0.29, 0.717) is 5.92 Å². The largest absolute Gasteiger partial charge is 0.336 e. The van der Waals surface area contributed by atoms with Gasteiger partial charge in [-0.25, -0.2) is 0 Å². The molecule has 0 unspecified atom stereocenters. The molecule has 0 aliphatic rings. The maximum atomic E-state index is 10.9. The highest BCUT2D eigenvalue weighted by atomic mass is 32.2. The summed E-state index contributed by atoms with van der Waals surface area (Å²) in [6.45, 7) is 11.5. The maximum absolute atomic E-state index is 10.9. The summed E-state index contributed by atoms with van der Waals surface area (Å²) >= 11 is 1.84. The van der Waals surface area contributed by atoms with Gasteiger partial charge < -0.3 is 4.90 Å². The van der Waals surface area contributed by atoms with Crippen LogP contribution < -0.4 is 0 Å². The third-order valence-electron chi connectivity index (χ3n) is 2.50. The van der Waals surface area contributed by atoms with Crippen LogP contribution in [0.3, 0.4) is 0 Å². The van der Waals surface area contributed by atoms with Crippen LogP contribution in [-0.4, -0.2) is 29.5 Å². The molecule has 3 heteroatoms. The van der Waals surface area contributed by atoms with Crippen molar-refractivity contribution in [1.82, 2.24) is 4.90 Å². The minimum atomic E-state index is 0.658. The summed E-state index contributed by atoms with van der Waals surface area (Å²) in [6.07, 6.45) is 5.42. The van der Waals surface area contributed by atoms with Crippen molar-refractivity contribution in [3.8, 4) is 0 Å². The number of hydrogen-bond acceptors (Lipinski definition) is 2. The molecule has 1 amide bonds. The molecule has 0 radical (unpaired) electrons. The quantitative estimate of drug-likeness (QED) is 0.242. The van der Waals surface area contributed by atoms with E-state index in [1.54, 1.807) is 0 Å². The van der Waals surface area contributed by atoms with Crippen LogP contribution in [0.15, 0.2) is 12.2 Å². The molecule has 0 fully saturated rings. The van der Waals surface area contributed by atoms with E-state index in [2.05, 4.69) is 27.4 Å². The van der Waals surface area contributed by atoms with E-state index in [0.717, 1.165) is 37.4 Å². The van der Waals surface area contributed by atoms with Crippen LogP contribution in [-0.2, 0) is 4.79 Å². The number of nitrogens with zero attached hydrogens (tertiary/aromatic N) is 1. The third-order valence-corrected chi connectivity index (χ3v) is 3.59. The molecule has 100 valence electrons. The molecule has 0 aromatic rings. The zero-order chi connectivity index (χ0) is 13.1. The lowest BCUT2D eigenvalue weighted by Gasteiger charge is -2.18. The molecular formula is C14H27NOS. The highest BCUT2D eigenvalue weighted by molar-refractivity contribution is 7.99. The van der Waals surface area contributed by atoms with E-state index in [9.17, 15) is 4.79 Å². The maximum Gasteiger partial charge on any atom is 0.210 e. The zero-order valence-electron chi connectivity index (χ0n) is 11.6. The van der Waals surface area contributed by atoms with Gasteiger partial charge in [0.1, 0.15) is 0 Å². The Morgan fingerprint density at radius 1 is 1.47 bits per heavy atom. The summed E-state index contributed by atoms with van der Waals surface area (Å²) < 4.78 is 0. The molecule has 0 saturated carbocycles. The van der Waals surface area contributed by atoms with Gasteiger partial charge in [0.25, 0.3) is 0 Å². The van der Waals surface area contributed by atoms with Crippen LogP contribution in [0.4, 0.5) is 0 Å². The molecular weight excluding hydrogens is 230 g/mol. The Morgan fingerprint density at radius 2 is 2.18 bits per heavy atom. The van der Waals surface area contributed by atoms with E-state index < -0.39 is 0 Å². The van der Waals surface area contributed by atoms with Gasteiger partial charge in [-0.2, -0.15) is 0 Å². The number of amides is 1. The van der Waals surface area contributed by atoms with E-state index >= 15 is 0 Å². The monoisotopic (exact) mass is 257 g/mol. The Hall–Kier alpha value is -0.440. The first-order valence-corrected chi connectivity index (χ1v) is 7.69. The van der Waals surface area contributed by atoms with Crippen molar-refractivity contribution in [2.45, 2.75) is 46.5 Å². The normalized spacial score (nSPS) is 10.6. The van der Waals surface area contributed by atoms with Gasteiger partial charge in [-0.3, -0.25) is 4.79 Å². The molecule has 0 bridgehead atoms. The lowest BCUT2D eigenvalue weighted by atomic mass is 10.0. The average Bonchev–Trinajstić information content (AvgIpc) is 2.27. The van der Waals surface area contributed by atoms with Crippen molar-refractivity contribution in [2.24, 2.45) is 5.92 Å². The summed E-state index contributed by atoms with van der Waals surface area (Å²) in [5.41, 5.74) is 1.26. The van der Waals surface area contributed by atoms with Crippen molar-refractivity contribution in [3.63, 3.8) is 0 Å². The Kier molecular flexibility index (Phi) is 10.4. The van der Waals surface area contributed by atoms with Crippen molar-refractivity contribution in [2.75, 3.05) is 18.2 Å². The number of thioether (sulfide) groups is 1. The summed E-state index contributed by atoms with van der Waals surface area (Å²) in [7, 11) is 0. The molecule has 0 rings (SSSR count). The first kappa shape index (κ1) is 16.6. The molecule has 0 aromatic carbocycles. The molecule has 0 aliphatic heterocycles. The molecule has 17 heavy (non-hydrogen) atoms. The fraction of sp³-hybridized carbons (Fsp3) is 0.786. The summed E-state index contributed by atoms with van der Waals surface area (Å²) in [5, 5.41) is 0. The fourth-order valence-electron chi connectivity index (χ4n) is 1.56. The Morgan fingerprint density at radius 3 is 2.71 bits per heavy atom.